The zero-order valence-corrected chi connectivity index (χ0v) is 12.0. The van der Waals surface area contributed by atoms with Crippen LogP contribution in [0.2, 0.25) is 0 Å². The molecule has 2 aromatic heterocycles. The van der Waals surface area contributed by atoms with E-state index in [9.17, 15) is 0 Å². The first kappa shape index (κ1) is 13.5. The molecule has 0 spiro atoms. The highest BCUT2D eigenvalue weighted by molar-refractivity contribution is 6.17. The molecule has 5 nitrogen and oxygen atoms in total. The number of anilines is 1. The van der Waals surface area contributed by atoms with E-state index in [0.29, 0.717) is 24.2 Å². The van der Waals surface area contributed by atoms with Crippen molar-refractivity contribution in [1.29, 1.82) is 0 Å². The Bertz CT molecular complexity index is 572. The first-order chi connectivity index (χ1) is 9.86. The quantitative estimate of drug-likeness (QED) is 0.809. The largest absolute Gasteiger partial charge is 0.377 e. The SMILES string of the molecule is ClCCOC1CCN(c2ccc3nccnc3n2)CC1. The average Bonchev–Trinajstić information content (AvgIpc) is 2.53. The number of piperidine rings is 1. The summed E-state index contributed by atoms with van der Waals surface area (Å²) < 4.78 is 5.69. The highest BCUT2D eigenvalue weighted by atomic mass is 35.5. The molecule has 3 rings (SSSR count). The lowest BCUT2D eigenvalue weighted by atomic mass is 10.1. The Morgan fingerprint density at radius 1 is 1.20 bits per heavy atom. The van der Waals surface area contributed by atoms with Crippen LogP contribution in [0.4, 0.5) is 5.82 Å². The van der Waals surface area contributed by atoms with Crippen molar-refractivity contribution in [1.82, 2.24) is 15.0 Å². The second-order valence-corrected chi connectivity index (χ2v) is 5.19. The maximum Gasteiger partial charge on any atom is 0.180 e. The number of ether oxygens (including phenoxy) is 1. The summed E-state index contributed by atoms with van der Waals surface area (Å²) >= 11 is 5.64. The molecule has 20 heavy (non-hydrogen) atoms. The number of rotatable bonds is 4. The minimum atomic E-state index is 0.324. The molecule has 106 valence electrons. The number of hydrogen-bond donors (Lipinski definition) is 0. The smallest absolute Gasteiger partial charge is 0.180 e. The van der Waals surface area contributed by atoms with Crippen molar-refractivity contribution >= 4 is 28.6 Å². The molecule has 0 atom stereocenters. The van der Waals surface area contributed by atoms with Crippen molar-refractivity contribution < 1.29 is 4.74 Å². The molecular formula is C14H17ClN4O. The predicted octanol–water partition coefficient (Wildman–Crippen LogP) is 2.25. The fourth-order valence-electron chi connectivity index (χ4n) is 2.48. The van der Waals surface area contributed by atoms with Crippen molar-refractivity contribution in [2.24, 2.45) is 0 Å². The third-order valence-electron chi connectivity index (χ3n) is 3.51. The molecular weight excluding hydrogens is 276 g/mol. The number of nitrogens with zero attached hydrogens (tertiary/aromatic N) is 4. The van der Waals surface area contributed by atoms with E-state index < -0.39 is 0 Å². The van der Waals surface area contributed by atoms with E-state index >= 15 is 0 Å². The van der Waals surface area contributed by atoms with E-state index in [-0.39, 0.29) is 0 Å². The van der Waals surface area contributed by atoms with E-state index in [0.717, 1.165) is 37.3 Å². The van der Waals surface area contributed by atoms with Gasteiger partial charge in [-0.05, 0) is 25.0 Å². The van der Waals surface area contributed by atoms with Crippen molar-refractivity contribution in [2.45, 2.75) is 18.9 Å². The highest BCUT2D eigenvalue weighted by Crippen LogP contribution is 2.21. The molecule has 0 radical (unpaired) electrons. The lowest BCUT2D eigenvalue weighted by Crippen LogP contribution is -2.37. The van der Waals surface area contributed by atoms with Crippen LogP contribution in [-0.2, 0) is 4.74 Å². The first-order valence-electron chi connectivity index (χ1n) is 6.87. The molecule has 0 aliphatic carbocycles. The van der Waals surface area contributed by atoms with E-state index in [4.69, 9.17) is 16.3 Å². The summed E-state index contributed by atoms with van der Waals surface area (Å²) in [6, 6.07) is 3.98. The van der Waals surface area contributed by atoms with Gasteiger partial charge in [-0.2, -0.15) is 0 Å². The van der Waals surface area contributed by atoms with Crippen molar-refractivity contribution in [2.75, 3.05) is 30.5 Å². The van der Waals surface area contributed by atoms with Crippen LogP contribution < -0.4 is 4.90 Å². The summed E-state index contributed by atoms with van der Waals surface area (Å²) in [5.41, 5.74) is 1.53. The second kappa shape index (κ2) is 6.33. The van der Waals surface area contributed by atoms with Crippen LogP contribution in [0, 0.1) is 0 Å². The van der Waals surface area contributed by atoms with Gasteiger partial charge in [0.25, 0.3) is 0 Å². The predicted molar refractivity (Wildman–Crippen MR) is 79.2 cm³/mol. The van der Waals surface area contributed by atoms with Crippen LogP contribution in [0.5, 0.6) is 0 Å². The molecule has 1 aliphatic rings. The summed E-state index contributed by atoms with van der Waals surface area (Å²) in [5, 5.41) is 0. The zero-order valence-electron chi connectivity index (χ0n) is 11.2. The van der Waals surface area contributed by atoms with Crippen LogP contribution in [-0.4, -0.2) is 46.6 Å². The second-order valence-electron chi connectivity index (χ2n) is 4.81. The van der Waals surface area contributed by atoms with Gasteiger partial charge in [-0.3, -0.25) is 4.98 Å². The number of alkyl halides is 1. The number of halogens is 1. The van der Waals surface area contributed by atoms with Crippen molar-refractivity contribution in [3.63, 3.8) is 0 Å². The molecule has 0 saturated carbocycles. The maximum absolute atomic E-state index is 5.69. The first-order valence-corrected chi connectivity index (χ1v) is 7.40. The lowest BCUT2D eigenvalue weighted by Gasteiger charge is -2.32. The third-order valence-corrected chi connectivity index (χ3v) is 3.67. The standard InChI is InChI=1S/C14H17ClN4O/c15-5-10-20-11-3-8-19(9-4-11)13-2-1-12-14(18-13)17-7-6-16-12/h1-2,6-7,11H,3-5,8-10H2. The summed E-state index contributed by atoms with van der Waals surface area (Å²) in [7, 11) is 0. The van der Waals surface area contributed by atoms with Crippen LogP contribution in [0.25, 0.3) is 11.2 Å². The molecule has 0 N–H and O–H groups in total. The number of pyridine rings is 1. The highest BCUT2D eigenvalue weighted by Gasteiger charge is 2.20. The fraction of sp³-hybridized carbons (Fsp3) is 0.500. The molecule has 1 fully saturated rings. The monoisotopic (exact) mass is 292 g/mol. The van der Waals surface area contributed by atoms with E-state index in [1.54, 1.807) is 12.4 Å². The Morgan fingerprint density at radius 2 is 2.00 bits per heavy atom. The van der Waals surface area contributed by atoms with Gasteiger partial charge < -0.3 is 9.64 Å². The van der Waals surface area contributed by atoms with Gasteiger partial charge in [-0.1, -0.05) is 0 Å². The maximum atomic E-state index is 5.69. The van der Waals surface area contributed by atoms with Gasteiger partial charge in [0, 0.05) is 31.4 Å². The van der Waals surface area contributed by atoms with E-state index in [1.807, 2.05) is 12.1 Å². The summed E-state index contributed by atoms with van der Waals surface area (Å²) in [4.78, 5) is 15.3. The normalized spacial score (nSPS) is 16.8. The Labute approximate surface area is 122 Å². The van der Waals surface area contributed by atoms with Gasteiger partial charge in [0.2, 0.25) is 0 Å². The molecule has 0 aromatic carbocycles. The molecule has 1 saturated heterocycles. The number of hydrogen-bond acceptors (Lipinski definition) is 5. The van der Waals surface area contributed by atoms with Gasteiger partial charge in [0.1, 0.15) is 11.3 Å². The Hall–Kier alpha value is -1.46. The van der Waals surface area contributed by atoms with Crippen LogP contribution in [0.15, 0.2) is 24.5 Å². The number of aromatic nitrogens is 3. The lowest BCUT2D eigenvalue weighted by molar-refractivity contribution is 0.0471. The molecule has 0 unspecified atom stereocenters. The fourth-order valence-corrected chi connectivity index (χ4v) is 2.57. The number of fused-ring (bicyclic) bond motifs is 1. The molecule has 1 aliphatic heterocycles. The third kappa shape index (κ3) is 2.99. The van der Waals surface area contributed by atoms with Gasteiger partial charge in [-0.25, -0.2) is 9.97 Å². The molecule has 2 aromatic rings. The summed E-state index contributed by atoms with van der Waals surface area (Å²) in [6.45, 7) is 2.54. The van der Waals surface area contributed by atoms with Crippen LogP contribution in [0.1, 0.15) is 12.8 Å². The van der Waals surface area contributed by atoms with E-state index in [1.165, 1.54) is 0 Å². The van der Waals surface area contributed by atoms with Gasteiger partial charge >= 0.3 is 0 Å². The topological polar surface area (TPSA) is 51.1 Å². The van der Waals surface area contributed by atoms with Crippen LogP contribution in [0.3, 0.4) is 0 Å². The van der Waals surface area contributed by atoms with Crippen molar-refractivity contribution in [3.05, 3.63) is 24.5 Å². The van der Waals surface area contributed by atoms with Gasteiger partial charge in [-0.15, -0.1) is 11.6 Å². The average molecular weight is 293 g/mol. The van der Waals surface area contributed by atoms with Gasteiger partial charge in [0.15, 0.2) is 5.65 Å². The van der Waals surface area contributed by atoms with E-state index in [2.05, 4.69) is 19.9 Å². The van der Waals surface area contributed by atoms with Gasteiger partial charge in [0.05, 0.1) is 12.7 Å². The summed E-state index contributed by atoms with van der Waals surface area (Å²) in [6.07, 6.45) is 5.70. The molecule has 0 bridgehead atoms. The Balaban J connectivity index is 1.67. The zero-order chi connectivity index (χ0) is 13.8. The Morgan fingerprint density at radius 3 is 2.80 bits per heavy atom. The molecule has 3 heterocycles. The van der Waals surface area contributed by atoms with Crippen molar-refractivity contribution in [3.8, 4) is 0 Å². The molecule has 6 heteroatoms. The Kier molecular flexibility index (Phi) is 4.28. The minimum absolute atomic E-state index is 0.324. The van der Waals surface area contributed by atoms with Crippen LogP contribution >= 0.6 is 11.6 Å². The minimum Gasteiger partial charge on any atom is -0.377 e. The molecule has 0 amide bonds. The summed E-state index contributed by atoms with van der Waals surface area (Å²) in [5.74, 6) is 1.53.